The van der Waals surface area contributed by atoms with Gasteiger partial charge in [0.25, 0.3) is 0 Å². The van der Waals surface area contributed by atoms with E-state index in [0.29, 0.717) is 26.2 Å². The van der Waals surface area contributed by atoms with Crippen molar-refractivity contribution in [3.8, 4) is 0 Å². The normalized spacial score (nSPS) is 22.4. The van der Waals surface area contributed by atoms with Crippen LogP contribution in [0.3, 0.4) is 0 Å². The molecule has 1 atom stereocenters. The topological polar surface area (TPSA) is 54.5 Å². The zero-order valence-electron chi connectivity index (χ0n) is 13.6. The molecule has 1 fully saturated rings. The molecule has 1 aliphatic heterocycles. The van der Waals surface area contributed by atoms with Gasteiger partial charge in [-0.1, -0.05) is 30.3 Å². The molecule has 5 heteroatoms. The van der Waals surface area contributed by atoms with Crippen LogP contribution >= 0.6 is 0 Å². The van der Waals surface area contributed by atoms with E-state index in [4.69, 9.17) is 4.74 Å². The Bertz CT molecular complexity index is 730. The number of benzene rings is 1. The third-order valence-corrected chi connectivity index (χ3v) is 4.95. The Hall–Kier alpha value is -2.40. The van der Waals surface area contributed by atoms with Crippen LogP contribution in [0.25, 0.3) is 0 Å². The summed E-state index contributed by atoms with van der Waals surface area (Å²) in [6, 6.07) is 12.2. The number of nitrogens with zero attached hydrogens (tertiary/aromatic N) is 2. The first kappa shape index (κ1) is 15.1. The molecule has 2 heterocycles. The minimum Gasteiger partial charge on any atom is -0.367 e. The van der Waals surface area contributed by atoms with Gasteiger partial charge in [0, 0.05) is 25.5 Å². The van der Waals surface area contributed by atoms with Gasteiger partial charge in [-0.3, -0.25) is 4.98 Å². The summed E-state index contributed by atoms with van der Waals surface area (Å²) in [5, 5.41) is 2.99. The molecule has 0 radical (unpaired) electrons. The van der Waals surface area contributed by atoms with Gasteiger partial charge in [0.05, 0.1) is 13.2 Å². The second kappa shape index (κ2) is 6.24. The number of fused-ring (bicyclic) bond motifs is 2. The van der Waals surface area contributed by atoms with Crippen molar-refractivity contribution in [2.75, 3.05) is 19.7 Å². The molecule has 2 aliphatic rings. The number of urea groups is 1. The number of aryl methyl sites for hydroxylation is 1. The van der Waals surface area contributed by atoms with Crippen molar-refractivity contribution < 1.29 is 9.53 Å². The van der Waals surface area contributed by atoms with E-state index in [2.05, 4.69) is 34.6 Å². The average Bonchev–Trinajstić information content (AvgIpc) is 2.99. The molecule has 1 N–H and O–H groups in total. The molecule has 1 aromatic carbocycles. The Balaban J connectivity index is 1.45. The molecule has 2 amide bonds. The van der Waals surface area contributed by atoms with Gasteiger partial charge in [-0.05, 0) is 35.6 Å². The lowest BCUT2D eigenvalue weighted by Crippen LogP contribution is -2.53. The maximum absolute atomic E-state index is 12.6. The van der Waals surface area contributed by atoms with Gasteiger partial charge in [-0.15, -0.1) is 0 Å². The summed E-state index contributed by atoms with van der Waals surface area (Å²) < 4.78 is 6.16. The van der Waals surface area contributed by atoms with Crippen molar-refractivity contribution in [3.63, 3.8) is 0 Å². The minimum absolute atomic E-state index is 0.0362. The van der Waals surface area contributed by atoms with Crippen molar-refractivity contribution in [1.29, 1.82) is 0 Å². The van der Waals surface area contributed by atoms with E-state index in [1.165, 1.54) is 11.1 Å². The van der Waals surface area contributed by atoms with Crippen LogP contribution in [0, 0.1) is 0 Å². The lowest BCUT2D eigenvalue weighted by molar-refractivity contribution is -0.101. The lowest BCUT2D eigenvalue weighted by atomic mass is 9.94. The van der Waals surface area contributed by atoms with Crippen LogP contribution in [0.15, 0.2) is 48.8 Å². The highest BCUT2D eigenvalue weighted by Crippen LogP contribution is 2.42. The van der Waals surface area contributed by atoms with Gasteiger partial charge in [-0.25, -0.2) is 4.79 Å². The number of carbonyl (C=O) groups excluding carboxylic acids is 1. The van der Waals surface area contributed by atoms with E-state index < -0.39 is 0 Å². The van der Waals surface area contributed by atoms with Crippen LogP contribution in [0.4, 0.5) is 4.79 Å². The van der Waals surface area contributed by atoms with Crippen molar-refractivity contribution in [1.82, 2.24) is 15.2 Å². The molecule has 1 saturated heterocycles. The molecule has 24 heavy (non-hydrogen) atoms. The second-order valence-corrected chi connectivity index (χ2v) is 6.44. The zero-order chi connectivity index (χ0) is 16.4. The number of ether oxygens (including phenoxy) is 1. The third kappa shape index (κ3) is 2.76. The average molecular weight is 323 g/mol. The standard InChI is InChI=1S/C19H21N3O2/c23-18(21-13-15-4-3-9-20-12-15)22-10-11-24-19(14-22)8-7-16-5-1-2-6-17(16)19/h1-6,9,12H,7-8,10-11,13-14H2,(H,21,23). The third-order valence-electron chi connectivity index (χ3n) is 4.95. The molecule has 4 rings (SSSR count). The molecule has 1 spiro atoms. The zero-order valence-corrected chi connectivity index (χ0v) is 13.6. The second-order valence-electron chi connectivity index (χ2n) is 6.44. The molecule has 5 nitrogen and oxygen atoms in total. The van der Waals surface area contributed by atoms with Crippen molar-refractivity contribution in [2.45, 2.75) is 25.0 Å². The maximum atomic E-state index is 12.6. The van der Waals surface area contributed by atoms with Crippen molar-refractivity contribution in [2.24, 2.45) is 0 Å². The molecule has 1 aliphatic carbocycles. The summed E-state index contributed by atoms with van der Waals surface area (Å²) in [5.74, 6) is 0. The SMILES string of the molecule is O=C(NCc1cccnc1)N1CCOC2(CCc3ccccc32)C1. The largest absolute Gasteiger partial charge is 0.367 e. The summed E-state index contributed by atoms with van der Waals surface area (Å²) in [7, 11) is 0. The molecular weight excluding hydrogens is 302 g/mol. The number of pyridine rings is 1. The highest BCUT2D eigenvalue weighted by Gasteiger charge is 2.44. The number of morpholine rings is 1. The van der Waals surface area contributed by atoms with E-state index in [1.54, 1.807) is 12.4 Å². The van der Waals surface area contributed by atoms with Crippen LogP contribution in [0.5, 0.6) is 0 Å². The van der Waals surface area contributed by atoms with Crippen LogP contribution in [-0.4, -0.2) is 35.6 Å². The summed E-state index contributed by atoms with van der Waals surface area (Å²) in [5.41, 5.74) is 3.26. The summed E-state index contributed by atoms with van der Waals surface area (Å²) in [6.45, 7) is 2.31. The van der Waals surface area contributed by atoms with Gasteiger partial charge in [0.2, 0.25) is 0 Å². The Morgan fingerprint density at radius 1 is 1.29 bits per heavy atom. The van der Waals surface area contributed by atoms with Crippen LogP contribution in [0.2, 0.25) is 0 Å². The van der Waals surface area contributed by atoms with Crippen molar-refractivity contribution >= 4 is 6.03 Å². The van der Waals surface area contributed by atoms with E-state index in [0.717, 1.165) is 18.4 Å². The Morgan fingerprint density at radius 2 is 2.21 bits per heavy atom. The van der Waals surface area contributed by atoms with Crippen molar-refractivity contribution in [3.05, 3.63) is 65.5 Å². The number of hydrogen-bond acceptors (Lipinski definition) is 3. The number of rotatable bonds is 2. The number of carbonyl (C=O) groups is 1. The molecule has 0 bridgehead atoms. The minimum atomic E-state index is -0.333. The van der Waals surface area contributed by atoms with Gasteiger partial charge < -0.3 is 15.0 Å². The summed E-state index contributed by atoms with van der Waals surface area (Å²) in [4.78, 5) is 18.5. The fourth-order valence-corrected chi connectivity index (χ4v) is 3.72. The predicted molar refractivity (Wildman–Crippen MR) is 90.4 cm³/mol. The highest BCUT2D eigenvalue weighted by molar-refractivity contribution is 5.74. The summed E-state index contributed by atoms with van der Waals surface area (Å²) in [6.07, 6.45) is 5.46. The smallest absolute Gasteiger partial charge is 0.317 e. The first-order chi connectivity index (χ1) is 11.8. The molecule has 124 valence electrons. The maximum Gasteiger partial charge on any atom is 0.317 e. The van der Waals surface area contributed by atoms with E-state index in [-0.39, 0.29) is 11.6 Å². The first-order valence-corrected chi connectivity index (χ1v) is 8.41. The van der Waals surface area contributed by atoms with Gasteiger partial charge in [0.15, 0.2) is 0 Å². The monoisotopic (exact) mass is 323 g/mol. The van der Waals surface area contributed by atoms with E-state index in [9.17, 15) is 4.79 Å². The molecule has 1 unspecified atom stereocenters. The Morgan fingerprint density at radius 3 is 3.08 bits per heavy atom. The lowest BCUT2D eigenvalue weighted by Gasteiger charge is -2.41. The summed E-state index contributed by atoms with van der Waals surface area (Å²) >= 11 is 0. The first-order valence-electron chi connectivity index (χ1n) is 8.41. The van der Waals surface area contributed by atoms with Gasteiger partial charge in [0.1, 0.15) is 5.60 Å². The van der Waals surface area contributed by atoms with Crippen LogP contribution < -0.4 is 5.32 Å². The Kier molecular flexibility index (Phi) is 3.94. The Labute approximate surface area is 141 Å². The number of nitrogens with one attached hydrogen (secondary N) is 1. The molecule has 0 saturated carbocycles. The van der Waals surface area contributed by atoms with Gasteiger partial charge >= 0.3 is 6.03 Å². The molecule has 2 aromatic rings. The quantitative estimate of drug-likeness (QED) is 0.924. The number of amides is 2. The fourth-order valence-electron chi connectivity index (χ4n) is 3.72. The molecular formula is C19H21N3O2. The van der Waals surface area contributed by atoms with Crippen LogP contribution in [-0.2, 0) is 23.3 Å². The molecule has 1 aromatic heterocycles. The van der Waals surface area contributed by atoms with Gasteiger partial charge in [-0.2, -0.15) is 0 Å². The van der Waals surface area contributed by atoms with E-state index in [1.807, 2.05) is 17.0 Å². The number of hydrogen-bond donors (Lipinski definition) is 1. The predicted octanol–water partition coefficient (Wildman–Crippen LogP) is 2.47. The van der Waals surface area contributed by atoms with Crippen LogP contribution in [0.1, 0.15) is 23.1 Å². The number of aromatic nitrogens is 1. The highest BCUT2D eigenvalue weighted by atomic mass is 16.5. The van der Waals surface area contributed by atoms with E-state index >= 15 is 0 Å². The fraction of sp³-hybridized carbons (Fsp3) is 0.368.